The first-order valence-corrected chi connectivity index (χ1v) is 10.8. The summed E-state index contributed by atoms with van der Waals surface area (Å²) in [7, 11) is 0. The fourth-order valence-corrected chi connectivity index (χ4v) is 4.32. The number of carboxylic acids is 1. The van der Waals surface area contributed by atoms with Gasteiger partial charge in [-0.3, -0.25) is 9.59 Å². The molecule has 0 fully saturated rings. The molecule has 1 aliphatic carbocycles. The van der Waals surface area contributed by atoms with Gasteiger partial charge in [0.2, 0.25) is 0 Å². The molecule has 0 atom stereocenters. The van der Waals surface area contributed by atoms with Crippen LogP contribution in [0.25, 0.3) is 11.6 Å². The zero-order chi connectivity index (χ0) is 23.8. The molecular weight excluding hydrogens is 434 g/mol. The van der Waals surface area contributed by atoms with Gasteiger partial charge in [0.05, 0.1) is 11.1 Å². The lowest BCUT2D eigenvalue weighted by Gasteiger charge is -2.08. The molecule has 2 aliphatic rings. The first kappa shape index (κ1) is 21.2. The lowest BCUT2D eigenvalue weighted by Crippen LogP contribution is -2.12. The highest BCUT2D eigenvalue weighted by Gasteiger charge is 2.28. The highest BCUT2D eigenvalue weighted by molar-refractivity contribution is 6.35. The molecule has 2 amide bonds. The number of anilines is 2. The number of benzene rings is 2. The maximum atomic E-state index is 12.7. The zero-order valence-corrected chi connectivity index (χ0v) is 18.0. The van der Waals surface area contributed by atoms with Crippen LogP contribution in [-0.4, -0.2) is 22.9 Å². The summed E-state index contributed by atoms with van der Waals surface area (Å²) >= 11 is 0. The van der Waals surface area contributed by atoms with Gasteiger partial charge in [0.1, 0.15) is 23.2 Å². The zero-order valence-electron chi connectivity index (χ0n) is 18.0. The van der Waals surface area contributed by atoms with Crippen LogP contribution in [0.5, 0.6) is 0 Å². The Morgan fingerprint density at radius 2 is 1.82 bits per heavy atom. The molecule has 8 heteroatoms. The number of amides is 2. The van der Waals surface area contributed by atoms with E-state index in [1.54, 1.807) is 24.3 Å². The number of nitriles is 1. The third-order valence-corrected chi connectivity index (χ3v) is 6.04. The van der Waals surface area contributed by atoms with E-state index in [4.69, 9.17) is 9.52 Å². The second-order valence-electron chi connectivity index (χ2n) is 8.17. The first-order valence-electron chi connectivity index (χ1n) is 10.8. The van der Waals surface area contributed by atoms with E-state index < -0.39 is 11.9 Å². The van der Waals surface area contributed by atoms with E-state index in [1.807, 2.05) is 0 Å². The lowest BCUT2D eigenvalue weighted by molar-refractivity contribution is -0.110. The molecule has 0 radical (unpaired) electrons. The van der Waals surface area contributed by atoms with E-state index in [1.165, 1.54) is 24.3 Å². The number of aromatic carboxylic acids is 1. The molecule has 0 spiro atoms. The number of nitrogens with zero attached hydrogens (tertiary/aromatic N) is 1. The van der Waals surface area contributed by atoms with E-state index in [0.717, 1.165) is 37.0 Å². The highest BCUT2D eigenvalue weighted by Crippen LogP contribution is 2.37. The van der Waals surface area contributed by atoms with Gasteiger partial charge in [-0.1, -0.05) is 0 Å². The third kappa shape index (κ3) is 3.73. The Hall–Kier alpha value is -4.64. The molecule has 0 saturated carbocycles. The second kappa shape index (κ2) is 8.37. The number of nitrogens with one attached hydrogen (secondary N) is 2. The molecule has 8 nitrogen and oxygen atoms in total. The Kier molecular flexibility index (Phi) is 5.22. The van der Waals surface area contributed by atoms with Crippen LogP contribution in [0, 0.1) is 11.3 Å². The number of aryl methyl sites for hydroxylation is 1. The molecule has 2 heterocycles. The van der Waals surface area contributed by atoms with E-state index in [-0.39, 0.29) is 11.5 Å². The molecule has 1 aliphatic heterocycles. The monoisotopic (exact) mass is 453 g/mol. The van der Waals surface area contributed by atoms with Gasteiger partial charge >= 0.3 is 5.97 Å². The number of furan rings is 1. The summed E-state index contributed by atoms with van der Waals surface area (Å²) < 4.78 is 5.94. The summed E-state index contributed by atoms with van der Waals surface area (Å²) in [6.45, 7) is 0. The summed E-state index contributed by atoms with van der Waals surface area (Å²) in [6, 6.07) is 12.8. The number of carbonyl (C=O) groups is 3. The molecule has 0 bridgehead atoms. The molecule has 1 aromatic heterocycles. The predicted octanol–water partition coefficient (Wildman–Crippen LogP) is 4.47. The highest BCUT2D eigenvalue weighted by atomic mass is 16.4. The Morgan fingerprint density at radius 1 is 1.09 bits per heavy atom. The topological polar surface area (TPSA) is 132 Å². The first-order chi connectivity index (χ1) is 16.4. The quantitative estimate of drug-likeness (QED) is 0.499. The summed E-state index contributed by atoms with van der Waals surface area (Å²) in [4.78, 5) is 36.3. The summed E-state index contributed by atoms with van der Waals surface area (Å²) in [6.07, 6.45) is 5.17. The van der Waals surface area contributed by atoms with Crippen molar-refractivity contribution in [3.8, 4) is 6.07 Å². The third-order valence-electron chi connectivity index (χ3n) is 6.04. The minimum absolute atomic E-state index is 0.0878. The van der Waals surface area contributed by atoms with Gasteiger partial charge in [-0.05, 0) is 67.8 Å². The van der Waals surface area contributed by atoms with Gasteiger partial charge in [0.15, 0.2) is 0 Å². The fourth-order valence-electron chi connectivity index (χ4n) is 4.32. The van der Waals surface area contributed by atoms with E-state index in [2.05, 4.69) is 16.7 Å². The van der Waals surface area contributed by atoms with E-state index in [9.17, 15) is 19.6 Å². The fraction of sp³-hybridized carbons (Fsp3) is 0.154. The van der Waals surface area contributed by atoms with Crippen LogP contribution in [0.4, 0.5) is 11.4 Å². The van der Waals surface area contributed by atoms with E-state index >= 15 is 0 Å². The summed E-state index contributed by atoms with van der Waals surface area (Å²) in [5.74, 6) is -0.617. The van der Waals surface area contributed by atoms with Crippen molar-refractivity contribution in [3.63, 3.8) is 0 Å². The summed E-state index contributed by atoms with van der Waals surface area (Å²) in [5.41, 5.74) is 3.77. The Labute approximate surface area is 194 Å². The molecule has 0 saturated heterocycles. The second-order valence-corrected chi connectivity index (χ2v) is 8.17. The van der Waals surface area contributed by atoms with Crippen molar-refractivity contribution in [2.45, 2.75) is 25.7 Å². The lowest BCUT2D eigenvalue weighted by atomic mass is 9.94. The van der Waals surface area contributed by atoms with Crippen LogP contribution in [0.15, 0.2) is 46.9 Å². The largest absolute Gasteiger partial charge is 0.478 e. The van der Waals surface area contributed by atoms with Crippen molar-refractivity contribution >= 4 is 40.8 Å². The molecular formula is C26H19N3O5. The van der Waals surface area contributed by atoms with Crippen LogP contribution >= 0.6 is 0 Å². The van der Waals surface area contributed by atoms with Crippen LogP contribution in [0.3, 0.4) is 0 Å². The van der Waals surface area contributed by atoms with Gasteiger partial charge in [-0.2, -0.15) is 5.26 Å². The predicted molar refractivity (Wildman–Crippen MR) is 124 cm³/mol. The standard InChI is InChI=1S/C26H19N3O5/c27-13-20-17-3-1-2-4-22(17)34-23(20)12-19-18-11-16(9-10-21(18)29-25(19)31)28-24(30)14-5-7-15(8-6-14)26(32)33/h5-12H,1-4H2,(H,28,30)(H,29,31)(H,32,33). The van der Waals surface area contributed by atoms with Gasteiger partial charge < -0.3 is 20.2 Å². The summed E-state index contributed by atoms with van der Waals surface area (Å²) in [5, 5.41) is 24.3. The minimum Gasteiger partial charge on any atom is -0.478 e. The van der Waals surface area contributed by atoms with E-state index in [0.29, 0.717) is 39.4 Å². The Balaban J connectivity index is 1.45. The normalized spacial score (nSPS) is 15.3. The van der Waals surface area contributed by atoms with Crippen molar-refractivity contribution in [2.75, 3.05) is 10.6 Å². The molecule has 5 rings (SSSR count). The van der Waals surface area contributed by atoms with Crippen molar-refractivity contribution < 1.29 is 23.9 Å². The number of carbonyl (C=O) groups excluding carboxylic acids is 2. The van der Waals surface area contributed by atoms with Crippen LogP contribution in [-0.2, 0) is 17.6 Å². The SMILES string of the molecule is N#Cc1c(C=C2C(=O)Nc3ccc(NC(=O)c4ccc(C(=O)O)cc4)cc32)oc2c1CCCC2. The van der Waals surface area contributed by atoms with Gasteiger partial charge in [-0.15, -0.1) is 0 Å². The number of rotatable bonds is 4. The van der Waals surface area contributed by atoms with Crippen molar-refractivity contribution in [3.05, 3.63) is 81.8 Å². The van der Waals surface area contributed by atoms with Gasteiger partial charge in [0.25, 0.3) is 11.8 Å². The minimum atomic E-state index is -1.07. The van der Waals surface area contributed by atoms with Crippen LogP contribution in [0.2, 0.25) is 0 Å². The number of fused-ring (bicyclic) bond motifs is 2. The Bertz CT molecular complexity index is 1420. The number of carboxylic acid groups (broad SMARTS) is 1. The smallest absolute Gasteiger partial charge is 0.335 e. The van der Waals surface area contributed by atoms with Gasteiger partial charge in [0, 0.05) is 34.5 Å². The molecule has 3 N–H and O–H groups in total. The molecule has 2 aromatic carbocycles. The van der Waals surface area contributed by atoms with Crippen molar-refractivity contribution in [1.29, 1.82) is 5.26 Å². The molecule has 168 valence electrons. The Morgan fingerprint density at radius 3 is 2.56 bits per heavy atom. The number of hydrogen-bond acceptors (Lipinski definition) is 5. The maximum Gasteiger partial charge on any atom is 0.335 e. The van der Waals surface area contributed by atoms with Gasteiger partial charge in [-0.25, -0.2) is 4.79 Å². The molecule has 34 heavy (non-hydrogen) atoms. The van der Waals surface area contributed by atoms with Crippen molar-refractivity contribution in [2.24, 2.45) is 0 Å². The number of hydrogen-bond donors (Lipinski definition) is 3. The van der Waals surface area contributed by atoms with Crippen molar-refractivity contribution in [1.82, 2.24) is 0 Å². The average molecular weight is 453 g/mol. The molecule has 0 unspecified atom stereocenters. The maximum absolute atomic E-state index is 12.7. The molecule has 3 aromatic rings. The van der Waals surface area contributed by atoms with Crippen LogP contribution in [0.1, 0.15) is 61.8 Å². The average Bonchev–Trinajstić information content (AvgIpc) is 3.35. The van der Waals surface area contributed by atoms with Crippen LogP contribution < -0.4 is 10.6 Å².